The molecule has 1 unspecified atom stereocenters. The second kappa shape index (κ2) is 6.39. The molecule has 0 radical (unpaired) electrons. The molecule has 0 saturated carbocycles. The Balaban J connectivity index is 2.46. The SMILES string of the molecule is CCC(CC)C(O)CNC(=O)c1ocnc1C. The summed E-state index contributed by atoms with van der Waals surface area (Å²) in [4.78, 5) is 15.5. The lowest BCUT2D eigenvalue weighted by Crippen LogP contribution is -2.36. The van der Waals surface area contributed by atoms with Crippen LogP contribution >= 0.6 is 0 Å². The normalized spacial score (nSPS) is 12.8. The summed E-state index contributed by atoms with van der Waals surface area (Å²) in [5.74, 6) is 0.0953. The van der Waals surface area contributed by atoms with Crippen molar-refractivity contribution in [1.29, 1.82) is 0 Å². The van der Waals surface area contributed by atoms with Gasteiger partial charge in [0.05, 0.1) is 11.8 Å². The molecule has 17 heavy (non-hydrogen) atoms. The molecule has 5 heteroatoms. The molecule has 96 valence electrons. The molecule has 0 saturated heterocycles. The molecule has 0 bridgehead atoms. The number of hydrogen-bond donors (Lipinski definition) is 2. The van der Waals surface area contributed by atoms with E-state index >= 15 is 0 Å². The number of nitrogens with zero attached hydrogens (tertiary/aromatic N) is 1. The molecular formula is C12H20N2O3. The van der Waals surface area contributed by atoms with E-state index in [0.29, 0.717) is 5.69 Å². The highest BCUT2D eigenvalue weighted by molar-refractivity contribution is 5.92. The number of aliphatic hydroxyl groups excluding tert-OH is 1. The third kappa shape index (κ3) is 3.56. The Morgan fingerprint density at radius 1 is 1.53 bits per heavy atom. The van der Waals surface area contributed by atoms with E-state index in [0.717, 1.165) is 12.8 Å². The minimum atomic E-state index is -0.517. The van der Waals surface area contributed by atoms with Crippen molar-refractivity contribution >= 4 is 5.91 Å². The molecule has 0 aliphatic heterocycles. The highest BCUT2D eigenvalue weighted by Crippen LogP contribution is 2.12. The van der Waals surface area contributed by atoms with Gasteiger partial charge in [-0.05, 0) is 12.8 Å². The maximum Gasteiger partial charge on any atom is 0.289 e. The monoisotopic (exact) mass is 240 g/mol. The van der Waals surface area contributed by atoms with Gasteiger partial charge in [-0.15, -0.1) is 0 Å². The van der Waals surface area contributed by atoms with E-state index in [9.17, 15) is 9.90 Å². The molecule has 0 aromatic carbocycles. The molecule has 2 N–H and O–H groups in total. The van der Waals surface area contributed by atoms with E-state index in [1.165, 1.54) is 6.39 Å². The number of amides is 1. The average Bonchev–Trinajstić information content (AvgIpc) is 2.74. The number of aryl methyl sites for hydroxylation is 1. The molecule has 1 aromatic heterocycles. The van der Waals surface area contributed by atoms with Crippen molar-refractivity contribution in [3.63, 3.8) is 0 Å². The van der Waals surface area contributed by atoms with Gasteiger partial charge in [-0.2, -0.15) is 0 Å². The van der Waals surface area contributed by atoms with Crippen molar-refractivity contribution in [2.75, 3.05) is 6.54 Å². The second-order valence-corrected chi connectivity index (χ2v) is 4.12. The lowest BCUT2D eigenvalue weighted by atomic mass is 9.96. The molecule has 1 heterocycles. The van der Waals surface area contributed by atoms with Crippen molar-refractivity contribution in [2.24, 2.45) is 5.92 Å². The number of carbonyl (C=O) groups excluding carboxylic acids is 1. The van der Waals surface area contributed by atoms with Gasteiger partial charge in [-0.25, -0.2) is 4.98 Å². The maximum absolute atomic E-state index is 11.7. The van der Waals surface area contributed by atoms with Crippen molar-refractivity contribution < 1.29 is 14.3 Å². The molecule has 0 spiro atoms. The average molecular weight is 240 g/mol. The Bertz CT molecular complexity index is 358. The summed E-state index contributed by atoms with van der Waals surface area (Å²) in [6.45, 7) is 6.00. The Kier molecular flexibility index (Phi) is 5.15. The van der Waals surface area contributed by atoms with E-state index in [1.807, 2.05) is 13.8 Å². The van der Waals surface area contributed by atoms with Crippen molar-refractivity contribution in [1.82, 2.24) is 10.3 Å². The van der Waals surface area contributed by atoms with Crippen molar-refractivity contribution in [2.45, 2.75) is 39.7 Å². The molecular weight excluding hydrogens is 220 g/mol. The molecule has 0 aliphatic carbocycles. The first-order valence-electron chi connectivity index (χ1n) is 5.96. The van der Waals surface area contributed by atoms with Gasteiger partial charge < -0.3 is 14.8 Å². The number of hydrogen-bond acceptors (Lipinski definition) is 4. The van der Waals surface area contributed by atoms with Crippen LogP contribution in [0.4, 0.5) is 0 Å². The van der Waals surface area contributed by atoms with Crippen molar-refractivity contribution in [3.8, 4) is 0 Å². The van der Waals surface area contributed by atoms with Crippen LogP contribution in [0.2, 0.25) is 0 Å². The zero-order valence-corrected chi connectivity index (χ0v) is 10.6. The van der Waals surface area contributed by atoms with Gasteiger partial charge >= 0.3 is 0 Å². The molecule has 0 aliphatic rings. The van der Waals surface area contributed by atoms with Crippen LogP contribution in [0.15, 0.2) is 10.8 Å². The minimum absolute atomic E-state index is 0.210. The summed E-state index contributed by atoms with van der Waals surface area (Å²) in [7, 11) is 0. The van der Waals surface area contributed by atoms with Gasteiger partial charge in [-0.3, -0.25) is 4.79 Å². The molecule has 0 fully saturated rings. The van der Waals surface area contributed by atoms with E-state index in [1.54, 1.807) is 6.92 Å². The minimum Gasteiger partial charge on any atom is -0.438 e. The summed E-state index contributed by atoms with van der Waals surface area (Å²) in [5.41, 5.74) is 0.555. The standard InChI is InChI=1S/C12H20N2O3/c1-4-9(5-2)10(15)6-13-12(16)11-8(3)14-7-17-11/h7,9-10,15H,4-6H2,1-3H3,(H,13,16). The first-order chi connectivity index (χ1) is 8.10. The first kappa shape index (κ1) is 13.7. The predicted molar refractivity (Wildman–Crippen MR) is 63.7 cm³/mol. The zero-order valence-electron chi connectivity index (χ0n) is 10.6. The number of nitrogens with one attached hydrogen (secondary N) is 1. The summed E-state index contributed by atoms with van der Waals surface area (Å²) in [6, 6.07) is 0. The highest BCUT2D eigenvalue weighted by Gasteiger charge is 2.18. The van der Waals surface area contributed by atoms with Gasteiger partial charge in [0.15, 0.2) is 6.39 Å². The van der Waals surface area contributed by atoms with Crippen molar-refractivity contribution in [3.05, 3.63) is 17.8 Å². The van der Waals surface area contributed by atoms with E-state index < -0.39 is 6.10 Å². The van der Waals surface area contributed by atoms with Crippen LogP contribution in [0.3, 0.4) is 0 Å². The topological polar surface area (TPSA) is 75.4 Å². The Hall–Kier alpha value is -1.36. The van der Waals surface area contributed by atoms with Gasteiger partial charge in [0, 0.05) is 6.54 Å². The lowest BCUT2D eigenvalue weighted by molar-refractivity contribution is 0.0796. The van der Waals surface area contributed by atoms with Crippen LogP contribution in [-0.4, -0.2) is 28.6 Å². The maximum atomic E-state index is 11.7. The summed E-state index contributed by atoms with van der Waals surface area (Å²) in [6.07, 6.45) is 2.52. The molecule has 5 nitrogen and oxygen atoms in total. The largest absolute Gasteiger partial charge is 0.438 e. The van der Waals surface area contributed by atoms with E-state index in [2.05, 4.69) is 10.3 Å². The number of carbonyl (C=O) groups is 1. The third-order valence-electron chi connectivity index (χ3n) is 3.02. The fourth-order valence-electron chi connectivity index (χ4n) is 1.80. The smallest absolute Gasteiger partial charge is 0.289 e. The predicted octanol–water partition coefficient (Wildman–Crippen LogP) is 1.51. The summed E-state index contributed by atoms with van der Waals surface area (Å²) >= 11 is 0. The number of aliphatic hydroxyl groups is 1. The number of aromatic nitrogens is 1. The van der Waals surface area contributed by atoms with Crippen LogP contribution in [-0.2, 0) is 0 Å². The van der Waals surface area contributed by atoms with Gasteiger partial charge in [0.1, 0.15) is 0 Å². The molecule has 1 atom stereocenters. The Labute approximate surface area is 101 Å². The third-order valence-corrected chi connectivity index (χ3v) is 3.02. The first-order valence-corrected chi connectivity index (χ1v) is 5.96. The molecule has 1 rings (SSSR count). The Morgan fingerprint density at radius 2 is 2.18 bits per heavy atom. The summed E-state index contributed by atoms with van der Waals surface area (Å²) in [5, 5.41) is 12.5. The van der Waals surface area contributed by atoms with Crippen LogP contribution < -0.4 is 5.32 Å². The fourth-order valence-corrected chi connectivity index (χ4v) is 1.80. The highest BCUT2D eigenvalue weighted by atomic mass is 16.3. The fraction of sp³-hybridized carbons (Fsp3) is 0.667. The number of oxazole rings is 1. The summed E-state index contributed by atoms with van der Waals surface area (Å²) < 4.78 is 4.97. The van der Waals surface area contributed by atoms with Crippen LogP contribution in [0.5, 0.6) is 0 Å². The lowest BCUT2D eigenvalue weighted by Gasteiger charge is -2.19. The Morgan fingerprint density at radius 3 is 2.65 bits per heavy atom. The molecule has 1 aromatic rings. The van der Waals surface area contributed by atoms with Crippen LogP contribution in [0.1, 0.15) is 42.9 Å². The molecule has 1 amide bonds. The second-order valence-electron chi connectivity index (χ2n) is 4.12. The van der Waals surface area contributed by atoms with Gasteiger partial charge in [0.25, 0.3) is 5.91 Å². The zero-order chi connectivity index (χ0) is 12.8. The van der Waals surface area contributed by atoms with Gasteiger partial charge in [0.2, 0.25) is 5.76 Å². The van der Waals surface area contributed by atoms with E-state index in [-0.39, 0.29) is 24.1 Å². The van der Waals surface area contributed by atoms with E-state index in [4.69, 9.17) is 4.42 Å². The quantitative estimate of drug-likeness (QED) is 0.790. The van der Waals surface area contributed by atoms with Crippen LogP contribution in [0, 0.1) is 12.8 Å². The number of rotatable bonds is 6. The van der Waals surface area contributed by atoms with Crippen LogP contribution in [0.25, 0.3) is 0 Å². The van der Waals surface area contributed by atoms with Gasteiger partial charge in [-0.1, -0.05) is 26.7 Å².